The summed E-state index contributed by atoms with van der Waals surface area (Å²) < 4.78 is 5.52. The molecule has 1 saturated heterocycles. The second kappa shape index (κ2) is 12.9. The highest BCUT2D eigenvalue weighted by atomic mass is 35.5. The molecule has 2 aliphatic heterocycles. The highest BCUT2D eigenvalue weighted by Gasteiger charge is 2.28. The zero-order valence-corrected chi connectivity index (χ0v) is 24.4. The van der Waals surface area contributed by atoms with Gasteiger partial charge in [0.1, 0.15) is 46.3 Å². The number of halogens is 1. The topological polar surface area (TPSA) is 96.4 Å². The fourth-order valence-electron chi connectivity index (χ4n) is 4.87. The van der Waals surface area contributed by atoms with Crippen molar-refractivity contribution in [2.24, 2.45) is 0 Å². The summed E-state index contributed by atoms with van der Waals surface area (Å²) in [6.45, 7) is 1.78. The number of thioether (sulfide) groups is 2. The number of benzene rings is 2. The van der Waals surface area contributed by atoms with Crippen LogP contribution in [0.5, 0.6) is 5.75 Å². The molecule has 10 heteroatoms. The van der Waals surface area contributed by atoms with Crippen molar-refractivity contribution in [3.63, 3.8) is 0 Å². The van der Waals surface area contributed by atoms with Gasteiger partial charge in [-0.05, 0) is 53.6 Å². The minimum Gasteiger partial charge on any atom is -0.491 e. The fourth-order valence-corrected chi connectivity index (χ4v) is 7.28. The summed E-state index contributed by atoms with van der Waals surface area (Å²) in [6, 6.07) is 19.9. The number of anilines is 1. The molecule has 5 rings (SSSR count). The number of pyridine rings is 1. The van der Waals surface area contributed by atoms with E-state index >= 15 is 0 Å². The van der Waals surface area contributed by atoms with E-state index in [9.17, 15) is 10.5 Å². The van der Waals surface area contributed by atoms with Crippen molar-refractivity contribution >= 4 is 40.9 Å². The summed E-state index contributed by atoms with van der Waals surface area (Å²) in [5, 5.41) is 33.3. The van der Waals surface area contributed by atoms with E-state index in [1.54, 1.807) is 23.9 Å². The molecule has 0 aliphatic carbocycles. The van der Waals surface area contributed by atoms with Gasteiger partial charge in [-0.15, -0.1) is 11.8 Å². The van der Waals surface area contributed by atoms with Crippen LogP contribution in [0.4, 0.5) is 5.82 Å². The van der Waals surface area contributed by atoms with Crippen LogP contribution in [0.25, 0.3) is 11.1 Å². The molecule has 2 aromatic carbocycles. The van der Waals surface area contributed by atoms with Crippen molar-refractivity contribution in [3.8, 4) is 29.0 Å². The van der Waals surface area contributed by atoms with Crippen molar-refractivity contribution in [1.29, 1.82) is 10.5 Å². The molecule has 1 aromatic heterocycles. The molecular weight excluding hydrogens is 562 g/mol. The zero-order valence-electron chi connectivity index (χ0n) is 22.0. The molecule has 1 unspecified atom stereocenters. The van der Waals surface area contributed by atoms with Gasteiger partial charge in [0.2, 0.25) is 0 Å². The molecule has 3 heterocycles. The smallest absolute Gasteiger partial charge is 0.148 e. The minimum atomic E-state index is -0.0758. The van der Waals surface area contributed by atoms with Gasteiger partial charge in [0.05, 0.1) is 12.2 Å². The average Bonchev–Trinajstić information content (AvgIpc) is 3.65. The lowest BCUT2D eigenvalue weighted by atomic mass is 9.96. The molecule has 0 saturated carbocycles. The van der Waals surface area contributed by atoms with Gasteiger partial charge in [-0.2, -0.15) is 10.5 Å². The Kier molecular flexibility index (Phi) is 9.08. The third kappa shape index (κ3) is 5.89. The first-order valence-electron chi connectivity index (χ1n) is 13.0. The molecule has 1 N–H and O–H groups in total. The van der Waals surface area contributed by atoms with Gasteiger partial charge in [-0.25, -0.2) is 4.98 Å². The molecule has 1 atom stereocenters. The Morgan fingerprint density at radius 2 is 1.77 bits per heavy atom. The van der Waals surface area contributed by atoms with Crippen LogP contribution in [0.2, 0.25) is 5.02 Å². The van der Waals surface area contributed by atoms with Crippen molar-refractivity contribution < 1.29 is 9.84 Å². The minimum absolute atomic E-state index is 0.0758. The van der Waals surface area contributed by atoms with E-state index in [4.69, 9.17) is 26.4 Å². The van der Waals surface area contributed by atoms with E-state index in [2.05, 4.69) is 34.4 Å². The molecule has 0 bridgehead atoms. The predicted octanol–water partition coefficient (Wildman–Crippen LogP) is 6.43. The maximum Gasteiger partial charge on any atom is 0.148 e. The maximum absolute atomic E-state index is 10.3. The third-order valence-electron chi connectivity index (χ3n) is 6.93. The highest BCUT2D eigenvalue weighted by molar-refractivity contribution is 8.02. The van der Waals surface area contributed by atoms with Crippen molar-refractivity contribution in [2.45, 2.75) is 23.2 Å². The number of nitrogens with zero attached hydrogens (tertiary/aromatic N) is 5. The molecule has 0 amide bonds. The number of hydrogen-bond donors (Lipinski definition) is 1. The van der Waals surface area contributed by atoms with Gasteiger partial charge in [-0.1, -0.05) is 47.6 Å². The van der Waals surface area contributed by atoms with Gasteiger partial charge in [0, 0.05) is 42.2 Å². The lowest BCUT2D eigenvalue weighted by molar-refractivity contribution is 0.201. The Morgan fingerprint density at radius 1 is 1.07 bits per heavy atom. The summed E-state index contributed by atoms with van der Waals surface area (Å²) >= 11 is 9.35. The Labute approximate surface area is 248 Å². The van der Waals surface area contributed by atoms with Gasteiger partial charge in [0.15, 0.2) is 0 Å². The quantitative estimate of drug-likeness (QED) is 0.283. The van der Waals surface area contributed by atoms with Gasteiger partial charge >= 0.3 is 0 Å². The Bertz CT molecular complexity index is 1480. The van der Waals surface area contributed by atoms with Crippen LogP contribution < -0.4 is 9.64 Å². The largest absolute Gasteiger partial charge is 0.491 e. The summed E-state index contributed by atoms with van der Waals surface area (Å²) in [5.41, 5.74) is 4.48. The zero-order chi connectivity index (χ0) is 28.1. The molecular formula is C30H28ClN5O2S2. The predicted molar refractivity (Wildman–Crippen MR) is 161 cm³/mol. The highest BCUT2D eigenvalue weighted by Crippen LogP contribution is 2.44. The van der Waals surface area contributed by atoms with E-state index in [0.29, 0.717) is 44.1 Å². The first-order chi connectivity index (χ1) is 19.5. The second-order valence-electron chi connectivity index (χ2n) is 9.43. The Morgan fingerprint density at radius 3 is 2.42 bits per heavy atom. The summed E-state index contributed by atoms with van der Waals surface area (Å²) in [6.07, 6.45) is 2.09. The van der Waals surface area contributed by atoms with Crippen LogP contribution in [0, 0.1) is 22.7 Å². The maximum atomic E-state index is 10.3. The Hall–Kier alpha value is -3.34. The van der Waals surface area contributed by atoms with E-state index < -0.39 is 0 Å². The van der Waals surface area contributed by atoms with E-state index in [-0.39, 0.29) is 18.6 Å². The van der Waals surface area contributed by atoms with Crippen LogP contribution in [-0.2, 0) is 0 Å². The number of rotatable bonds is 9. The average molecular weight is 590 g/mol. The summed E-state index contributed by atoms with van der Waals surface area (Å²) in [5.74, 6) is 1.88. The normalized spacial score (nSPS) is 16.5. The molecule has 0 spiro atoms. The SMILES string of the molecule is CN1C(CSc2nc(N3CCCC3)c(C#N)c(-c3ccc(OCCO)cc3)c2C#N)=CSC1c1ccc(Cl)cc1. The van der Waals surface area contributed by atoms with E-state index in [1.807, 2.05) is 36.4 Å². The van der Waals surface area contributed by atoms with Crippen LogP contribution >= 0.6 is 35.1 Å². The number of aliphatic hydroxyl groups is 1. The van der Waals surface area contributed by atoms with Crippen molar-refractivity contribution in [3.05, 3.63) is 81.3 Å². The van der Waals surface area contributed by atoms with Crippen LogP contribution in [0.3, 0.4) is 0 Å². The number of hydrogen-bond acceptors (Lipinski definition) is 9. The molecule has 0 radical (unpaired) electrons. The molecule has 204 valence electrons. The molecule has 40 heavy (non-hydrogen) atoms. The van der Waals surface area contributed by atoms with Gasteiger partial charge in [0.25, 0.3) is 0 Å². The first kappa shape index (κ1) is 28.2. The van der Waals surface area contributed by atoms with Gasteiger partial charge < -0.3 is 19.6 Å². The number of aliphatic hydroxyl groups excluding tert-OH is 1. The lowest BCUT2D eigenvalue weighted by Gasteiger charge is -2.25. The van der Waals surface area contributed by atoms with Crippen molar-refractivity contribution in [2.75, 3.05) is 44.0 Å². The number of ether oxygens (including phenoxy) is 1. The monoisotopic (exact) mass is 589 g/mol. The Balaban J connectivity index is 1.48. The first-order valence-corrected chi connectivity index (χ1v) is 15.3. The molecule has 1 fully saturated rings. The number of nitriles is 2. The number of aromatic nitrogens is 1. The molecule has 2 aliphatic rings. The lowest BCUT2D eigenvalue weighted by Crippen LogP contribution is -2.22. The van der Waals surface area contributed by atoms with Crippen LogP contribution in [0.15, 0.2) is 64.7 Å². The van der Waals surface area contributed by atoms with Gasteiger partial charge in [-0.3, -0.25) is 0 Å². The molecule has 7 nitrogen and oxygen atoms in total. The van der Waals surface area contributed by atoms with E-state index in [1.165, 1.54) is 17.3 Å². The third-order valence-corrected chi connectivity index (χ3v) is 9.44. The van der Waals surface area contributed by atoms with E-state index in [0.717, 1.165) is 37.2 Å². The summed E-state index contributed by atoms with van der Waals surface area (Å²) in [7, 11) is 2.07. The fraction of sp³-hybridized carbons (Fsp3) is 0.300. The molecule has 3 aromatic rings. The summed E-state index contributed by atoms with van der Waals surface area (Å²) in [4.78, 5) is 9.33. The standard InChI is InChI=1S/C30H28ClN5O2S2/c1-35-23(19-40-30(35)21-4-8-22(31)9-5-21)18-39-29-26(17-33)27(20-6-10-24(11-7-20)38-15-14-37)25(16-32)28(34-29)36-12-2-3-13-36/h4-11,19,30,37H,2-3,12-15,18H2,1H3. The van der Waals surface area contributed by atoms with Crippen LogP contribution in [0.1, 0.15) is 34.9 Å². The van der Waals surface area contributed by atoms with Crippen LogP contribution in [-0.4, -0.2) is 54.1 Å². The van der Waals surface area contributed by atoms with Crippen molar-refractivity contribution in [1.82, 2.24) is 9.88 Å². The second-order valence-corrected chi connectivity index (χ2v) is 11.8.